The third-order valence-corrected chi connectivity index (χ3v) is 4.94. The number of aryl methyl sites for hydroxylation is 1. The molecule has 0 spiro atoms. The quantitative estimate of drug-likeness (QED) is 0.565. The molecule has 0 atom stereocenters. The minimum atomic E-state index is 0.753. The predicted octanol–water partition coefficient (Wildman–Crippen LogP) is 4.20. The fraction of sp³-hybridized carbons (Fsp3) is 0.125. The molecule has 1 aromatic carbocycles. The van der Waals surface area contributed by atoms with Crippen molar-refractivity contribution in [3.63, 3.8) is 0 Å². The largest absolute Gasteiger partial charge is 0.331 e. The van der Waals surface area contributed by atoms with E-state index in [9.17, 15) is 0 Å². The summed E-state index contributed by atoms with van der Waals surface area (Å²) >= 11 is 7.87. The monoisotopic (exact) mass is 328 g/mol. The number of thiophene rings is 1. The summed E-state index contributed by atoms with van der Waals surface area (Å²) in [6.07, 6.45) is 7.51. The zero-order valence-corrected chi connectivity index (χ0v) is 13.5. The maximum Gasteiger partial charge on any atom is 0.176 e. The van der Waals surface area contributed by atoms with E-state index in [1.54, 1.807) is 17.5 Å². The van der Waals surface area contributed by atoms with E-state index in [1.807, 2.05) is 42.3 Å². The van der Waals surface area contributed by atoms with Crippen LogP contribution in [0.5, 0.6) is 0 Å². The van der Waals surface area contributed by atoms with E-state index in [2.05, 4.69) is 26.0 Å². The summed E-state index contributed by atoms with van der Waals surface area (Å²) in [5.74, 6) is 1.73. The van der Waals surface area contributed by atoms with Gasteiger partial charge in [0.2, 0.25) is 0 Å². The SMILES string of the molecule is Cn1ccnc1-c1nccn1Cc1csc2ccc(Cl)cc12. The molecule has 0 radical (unpaired) electrons. The smallest absolute Gasteiger partial charge is 0.176 e. The van der Waals surface area contributed by atoms with Crippen LogP contribution in [0.15, 0.2) is 48.4 Å². The van der Waals surface area contributed by atoms with Crippen molar-refractivity contribution in [2.75, 3.05) is 0 Å². The summed E-state index contributed by atoms with van der Waals surface area (Å²) in [5.41, 5.74) is 1.25. The number of halogens is 1. The number of benzene rings is 1. The Bertz CT molecular complexity index is 950. The first-order valence-electron chi connectivity index (χ1n) is 6.87. The van der Waals surface area contributed by atoms with Crippen LogP contribution in [0.3, 0.4) is 0 Å². The zero-order chi connectivity index (χ0) is 15.1. The molecule has 0 aliphatic carbocycles. The summed E-state index contributed by atoms with van der Waals surface area (Å²) in [7, 11) is 1.97. The van der Waals surface area contributed by atoms with E-state index < -0.39 is 0 Å². The molecule has 4 aromatic rings. The molecule has 0 aliphatic rings. The van der Waals surface area contributed by atoms with Crippen molar-refractivity contribution in [3.8, 4) is 11.6 Å². The minimum absolute atomic E-state index is 0.753. The normalized spacial score (nSPS) is 11.4. The molecule has 4 rings (SSSR count). The van der Waals surface area contributed by atoms with Gasteiger partial charge in [0.25, 0.3) is 0 Å². The molecule has 0 aliphatic heterocycles. The lowest BCUT2D eigenvalue weighted by Gasteiger charge is -2.07. The number of rotatable bonds is 3. The Morgan fingerprint density at radius 3 is 2.77 bits per heavy atom. The van der Waals surface area contributed by atoms with Crippen molar-refractivity contribution in [2.24, 2.45) is 7.05 Å². The van der Waals surface area contributed by atoms with Gasteiger partial charge in [0.05, 0.1) is 6.54 Å². The molecular formula is C16H13ClN4S. The number of aromatic nitrogens is 4. The molecule has 0 bridgehead atoms. The Kier molecular flexibility index (Phi) is 3.24. The molecular weight excluding hydrogens is 316 g/mol. The second kappa shape index (κ2) is 5.26. The first kappa shape index (κ1) is 13.5. The number of hydrogen-bond acceptors (Lipinski definition) is 3. The molecule has 0 saturated carbocycles. The Hall–Kier alpha value is -2.11. The first-order chi connectivity index (χ1) is 10.7. The lowest BCUT2D eigenvalue weighted by Crippen LogP contribution is -2.04. The number of imidazole rings is 2. The lowest BCUT2D eigenvalue weighted by molar-refractivity contribution is 0.792. The van der Waals surface area contributed by atoms with Crippen LogP contribution in [0.2, 0.25) is 5.02 Å². The van der Waals surface area contributed by atoms with Gasteiger partial charge in [0.1, 0.15) is 0 Å². The van der Waals surface area contributed by atoms with Crippen molar-refractivity contribution in [2.45, 2.75) is 6.54 Å². The summed E-state index contributed by atoms with van der Waals surface area (Å²) in [4.78, 5) is 8.84. The number of nitrogens with zero attached hydrogens (tertiary/aromatic N) is 4. The van der Waals surface area contributed by atoms with E-state index in [0.717, 1.165) is 23.2 Å². The van der Waals surface area contributed by atoms with Crippen LogP contribution in [0.1, 0.15) is 5.56 Å². The van der Waals surface area contributed by atoms with E-state index in [1.165, 1.54) is 15.6 Å². The topological polar surface area (TPSA) is 35.6 Å². The molecule has 110 valence electrons. The van der Waals surface area contributed by atoms with Crippen molar-refractivity contribution in [1.82, 2.24) is 19.1 Å². The van der Waals surface area contributed by atoms with Gasteiger partial charge in [-0.05, 0) is 34.5 Å². The summed E-state index contributed by atoms with van der Waals surface area (Å²) < 4.78 is 5.34. The number of fused-ring (bicyclic) bond motifs is 1. The fourth-order valence-corrected chi connectivity index (χ4v) is 3.69. The highest BCUT2D eigenvalue weighted by Crippen LogP contribution is 2.30. The fourth-order valence-electron chi connectivity index (χ4n) is 2.58. The first-order valence-corrected chi connectivity index (χ1v) is 8.12. The Balaban J connectivity index is 1.76. The van der Waals surface area contributed by atoms with Crippen LogP contribution < -0.4 is 0 Å². The standard InChI is InChI=1S/C16H13ClN4S/c1-20-6-4-18-15(20)16-19-5-7-21(16)9-11-10-22-14-3-2-12(17)8-13(11)14/h2-8,10H,9H2,1H3. The van der Waals surface area contributed by atoms with Crippen molar-refractivity contribution < 1.29 is 0 Å². The van der Waals surface area contributed by atoms with Gasteiger partial charge in [-0.15, -0.1) is 11.3 Å². The molecule has 0 N–H and O–H groups in total. The third kappa shape index (κ3) is 2.23. The van der Waals surface area contributed by atoms with Crippen molar-refractivity contribution in [1.29, 1.82) is 0 Å². The van der Waals surface area contributed by atoms with Gasteiger partial charge in [-0.2, -0.15) is 0 Å². The van der Waals surface area contributed by atoms with E-state index >= 15 is 0 Å². The van der Waals surface area contributed by atoms with Crippen molar-refractivity contribution >= 4 is 33.0 Å². The molecule has 6 heteroatoms. The summed E-state index contributed by atoms with van der Waals surface area (Å²) in [6.45, 7) is 0.753. The highest BCUT2D eigenvalue weighted by atomic mass is 35.5. The van der Waals surface area contributed by atoms with Gasteiger partial charge < -0.3 is 9.13 Å². The molecule has 0 saturated heterocycles. The van der Waals surface area contributed by atoms with Crippen LogP contribution in [-0.4, -0.2) is 19.1 Å². The van der Waals surface area contributed by atoms with Gasteiger partial charge in [-0.1, -0.05) is 11.6 Å². The average molecular weight is 329 g/mol. The molecule has 0 fully saturated rings. The highest BCUT2D eigenvalue weighted by Gasteiger charge is 2.12. The van der Waals surface area contributed by atoms with Crippen LogP contribution in [0, 0.1) is 0 Å². The Morgan fingerprint density at radius 2 is 1.95 bits per heavy atom. The zero-order valence-electron chi connectivity index (χ0n) is 11.9. The van der Waals surface area contributed by atoms with Gasteiger partial charge in [0.15, 0.2) is 11.6 Å². The minimum Gasteiger partial charge on any atom is -0.331 e. The predicted molar refractivity (Wildman–Crippen MR) is 90.4 cm³/mol. The highest BCUT2D eigenvalue weighted by molar-refractivity contribution is 7.17. The molecule has 4 nitrogen and oxygen atoms in total. The molecule has 3 aromatic heterocycles. The van der Waals surface area contributed by atoms with Crippen molar-refractivity contribution in [3.05, 3.63) is 59.0 Å². The second-order valence-corrected chi connectivity index (χ2v) is 6.49. The number of hydrogen-bond donors (Lipinski definition) is 0. The average Bonchev–Trinajstić information content (AvgIpc) is 3.20. The van der Waals surface area contributed by atoms with Gasteiger partial charge in [-0.3, -0.25) is 0 Å². The Labute approximate surface area is 136 Å². The van der Waals surface area contributed by atoms with Gasteiger partial charge in [0, 0.05) is 41.6 Å². The second-order valence-electron chi connectivity index (χ2n) is 5.14. The van der Waals surface area contributed by atoms with E-state index in [0.29, 0.717) is 0 Å². The van der Waals surface area contributed by atoms with E-state index in [-0.39, 0.29) is 0 Å². The van der Waals surface area contributed by atoms with Crippen LogP contribution in [0.4, 0.5) is 0 Å². The summed E-state index contributed by atoms with van der Waals surface area (Å²) in [5, 5.41) is 4.16. The maximum atomic E-state index is 6.13. The molecule has 0 amide bonds. The molecule has 22 heavy (non-hydrogen) atoms. The summed E-state index contributed by atoms with van der Waals surface area (Å²) in [6, 6.07) is 6.03. The third-order valence-electron chi connectivity index (χ3n) is 3.69. The van der Waals surface area contributed by atoms with Gasteiger partial charge in [-0.25, -0.2) is 9.97 Å². The Morgan fingerprint density at radius 1 is 1.14 bits per heavy atom. The van der Waals surface area contributed by atoms with E-state index in [4.69, 9.17) is 11.6 Å². The maximum absolute atomic E-state index is 6.13. The molecule has 3 heterocycles. The van der Waals surface area contributed by atoms with Crippen LogP contribution in [0.25, 0.3) is 21.7 Å². The lowest BCUT2D eigenvalue weighted by atomic mass is 10.2. The van der Waals surface area contributed by atoms with Gasteiger partial charge >= 0.3 is 0 Å². The van der Waals surface area contributed by atoms with Crippen LogP contribution in [-0.2, 0) is 13.6 Å². The molecule has 0 unspecified atom stereocenters. The van der Waals surface area contributed by atoms with Crippen LogP contribution >= 0.6 is 22.9 Å².